The first-order valence-electron chi connectivity index (χ1n) is 9.12. The molecule has 0 amide bonds. The Labute approximate surface area is 191 Å². The Balaban J connectivity index is 2.14. The van der Waals surface area contributed by atoms with E-state index in [9.17, 15) is 18.0 Å². The zero-order valence-electron chi connectivity index (χ0n) is 16.8. The van der Waals surface area contributed by atoms with Crippen molar-refractivity contribution < 1.29 is 18.0 Å². The van der Waals surface area contributed by atoms with Gasteiger partial charge in [-0.25, -0.2) is 0 Å². The lowest BCUT2D eigenvalue weighted by Gasteiger charge is -2.17. The maximum atomic E-state index is 13.4. The molecule has 0 radical (unpaired) electrons. The quantitative estimate of drug-likeness (QED) is 0.364. The van der Waals surface area contributed by atoms with E-state index < -0.39 is 22.2 Å². The molecule has 0 aliphatic carbocycles. The molecule has 3 rings (SSSR count). The first-order valence-corrected chi connectivity index (χ1v) is 10.9. The number of thioether (sulfide) groups is 1. The number of rotatable bonds is 5. The predicted molar refractivity (Wildman–Crippen MR) is 117 cm³/mol. The fraction of sp³-hybridized carbons (Fsp3) is 0.286. The predicted octanol–water partition coefficient (Wildman–Crippen LogP) is 6.97. The highest BCUT2D eigenvalue weighted by molar-refractivity contribution is 7.99. The van der Waals surface area contributed by atoms with Crippen molar-refractivity contribution in [2.45, 2.75) is 32.1 Å². The lowest BCUT2D eigenvalue weighted by molar-refractivity contribution is -0.137. The van der Waals surface area contributed by atoms with E-state index in [0.29, 0.717) is 16.4 Å². The van der Waals surface area contributed by atoms with Crippen molar-refractivity contribution in [2.75, 3.05) is 5.75 Å². The molecule has 31 heavy (non-hydrogen) atoms. The van der Waals surface area contributed by atoms with Crippen LogP contribution in [0, 0.1) is 5.41 Å². The Morgan fingerprint density at radius 2 is 1.77 bits per heavy atom. The molecule has 0 fully saturated rings. The molecule has 0 aliphatic heterocycles. The minimum atomic E-state index is -4.63. The lowest BCUT2D eigenvalue weighted by Crippen LogP contribution is -2.22. The minimum Gasteiger partial charge on any atom is -0.298 e. The Morgan fingerprint density at radius 1 is 1.06 bits per heavy atom. The molecule has 10 heteroatoms. The van der Waals surface area contributed by atoms with Gasteiger partial charge in [0, 0.05) is 16.0 Å². The molecule has 2 aromatic carbocycles. The topological polar surface area (TPSA) is 47.8 Å². The van der Waals surface area contributed by atoms with E-state index in [4.69, 9.17) is 23.2 Å². The normalized spacial score (nSPS) is 12.3. The van der Waals surface area contributed by atoms with Gasteiger partial charge in [-0.05, 0) is 30.3 Å². The van der Waals surface area contributed by atoms with Gasteiger partial charge in [0.15, 0.2) is 11.0 Å². The Bertz CT molecular complexity index is 1120. The second kappa shape index (κ2) is 8.84. The summed E-state index contributed by atoms with van der Waals surface area (Å²) >= 11 is 13.0. The van der Waals surface area contributed by atoms with Gasteiger partial charge in [0.2, 0.25) is 0 Å². The monoisotopic (exact) mass is 487 g/mol. The van der Waals surface area contributed by atoms with E-state index in [1.54, 1.807) is 45.0 Å². The average molecular weight is 488 g/mol. The van der Waals surface area contributed by atoms with Crippen molar-refractivity contribution in [1.82, 2.24) is 14.8 Å². The molecular weight excluding hydrogens is 470 g/mol. The highest BCUT2D eigenvalue weighted by atomic mass is 35.5. The molecule has 0 aliphatic rings. The SMILES string of the molecule is CC(C)(C)C(=O)CSc1nnc(-c2cccc(Cl)c2)n1-c1ccc(Cl)c(C(F)(F)F)c1. The summed E-state index contributed by atoms with van der Waals surface area (Å²) < 4.78 is 41.8. The number of aromatic nitrogens is 3. The van der Waals surface area contributed by atoms with Crippen LogP contribution in [0.4, 0.5) is 13.2 Å². The number of hydrogen-bond acceptors (Lipinski definition) is 4. The van der Waals surface area contributed by atoms with Crippen LogP contribution < -0.4 is 0 Å². The van der Waals surface area contributed by atoms with Gasteiger partial charge >= 0.3 is 6.18 Å². The van der Waals surface area contributed by atoms with Gasteiger partial charge < -0.3 is 0 Å². The highest BCUT2D eigenvalue weighted by Gasteiger charge is 2.34. The van der Waals surface area contributed by atoms with Gasteiger partial charge in [0.25, 0.3) is 0 Å². The molecule has 0 unspecified atom stereocenters. The number of Topliss-reactive ketones (excluding diaryl/α,β-unsaturated/α-hetero) is 1. The third kappa shape index (κ3) is 5.42. The van der Waals surface area contributed by atoms with Crippen molar-refractivity contribution in [3.63, 3.8) is 0 Å². The fourth-order valence-electron chi connectivity index (χ4n) is 2.63. The molecule has 0 spiro atoms. The summed E-state index contributed by atoms with van der Waals surface area (Å²) in [6, 6.07) is 10.3. The van der Waals surface area contributed by atoms with Crippen molar-refractivity contribution in [3.05, 3.63) is 58.1 Å². The highest BCUT2D eigenvalue weighted by Crippen LogP contribution is 2.38. The fourth-order valence-corrected chi connectivity index (χ4v) is 4.15. The van der Waals surface area contributed by atoms with E-state index in [-0.39, 0.29) is 22.4 Å². The molecule has 4 nitrogen and oxygen atoms in total. The van der Waals surface area contributed by atoms with Gasteiger partial charge in [0.05, 0.1) is 22.0 Å². The van der Waals surface area contributed by atoms with E-state index in [1.807, 2.05) is 0 Å². The number of carbonyl (C=O) groups is 1. The number of alkyl halides is 3. The second-order valence-electron chi connectivity index (χ2n) is 7.78. The number of hydrogen-bond donors (Lipinski definition) is 0. The van der Waals surface area contributed by atoms with E-state index in [0.717, 1.165) is 17.8 Å². The number of ketones is 1. The molecule has 3 aromatic rings. The van der Waals surface area contributed by atoms with Gasteiger partial charge in [-0.1, -0.05) is 67.9 Å². The third-order valence-electron chi connectivity index (χ3n) is 4.40. The number of nitrogens with zero attached hydrogens (tertiary/aromatic N) is 3. The lowest BCUT2D eigenvalue weighted by atomic mass is 9.92. The van der Waals surface area contributed by atoms with Crippen molar-refractivity contribution in [3.8, 4) is 17.1 Å². The van der Waals surface area contributed by atoms with Crippen LogP contribution in [0.1, 0.15) is 26.3 Å². The van der Waals surface area contributed by atoms with Gasteiger partial charge in [-0.3, -0.25) is 9.36 Å². The van der Waals surface area contributed by atoms with Crippen molar-refractivity contribution >= 4 is 40.7 Å². The van der Waals surface area contributed by atoms with Gasteiger partial charge in [0.1, 0.15) is 5.78 Å². The first kappa shape index (κ1) is 23.6. The standard InChI is InChI=1S/C21H18Cl2F3N3OS/c1-20(2,3)17(30)11-31-19-28-27-18(12-5-4-6-13(22)9-12)29(19)14-7-8-16(23)15(10-14)21(24,25)26/h4-10H,11H2,1-3H3. The molecule has 0 saturated heterocycles. The van der Waals surface area contributed by atoms with Crippen LogP contribution in [0.5, 0.6) is 0 Å². The largest absolute Gasteiger partial charge is 0.417 e. The molecule has 0 atom stereocenters. The maximum Gasteiger partial charge on any atom is 0.417 e. The summed E-state index contributed by atoms with van der Waals surface area (Å²) in [4.78, 5) is 12.4. The summed E-state index contributed by atoms with van der Waals surface area (Å²) in [6.45, 7) is 5.40. The van der Waals surface area contributed by atoms with E-state index >= 15 is 0 Å². The van der Waals surface area contributed by atoms with Crippen molar-refractivity contribution in [2.24, 2.45) is 5.41 Å². The molecule has 1 heterocycles. The first-order chi connectivity index (χ1) is 14.4. The Kier molecular flexibility index (Phi) is 6.74. The van der Waals surface area contributed by atoms with Crippen LogP contribution in [0.2, 0.25) is 10.0 Å². The zero-order chi connectivity index (χ0) is 23.0. The maximum absolute atomic E-state index is 13.4. The van der Waals surface area contributed by atoms with Crippen LogP contribution in [0.15, 0.2) is 47.6 Å². The van der Waals surface area contributed by atoms with Crippen LogP contribution in [0.3, 0.4) is 0 Å². The van der Waals surface area contributed by atoms with Crippen LogP contribution in [-0.2, 0) is 11.0 Å². The van der Waals surface area contributed by atoms with Crippen LogP contribution in [-0.4, -0.2) is 26.3 Å². The van der Waals surface area contributed by atoms with Crippen LogP contribution in [0.25, 0.3) is 17.1 Å². The summed E-state index contributed by atoms with van der Waals surface area (Å²) in [5.74, 6) is 0.365. The number of halogens is 5. The average Bonchev–Trinajstić information content (AvgIpc) is 3.08. The Hall–Kier alpha value is -2.03. The zero-order valence-corrected chi connectivity index (χ0v) is 19.1. The van der Waals surface area contributed by atoms with Gasteiger partial charge in [-0.2, -0.15) is 13.2 Å². The Morgan fingerprint density at radius 3 is 2.39 bits per heavy atom. The smallest absolute Gasteiger partial charge is 0.298 e. The summed E-state index contributed by atoms with van der Waals surface area (Å²) in [5.41, 5.74) is -0.795. The number of carbonyl (C=O) groups excluding carboxylic acids is 1. The molecule has 0 N–H and O–H groups in total. The third-order valence-corrected chi connectivity index (χ3v) is 5.89. The van der Waals surface area contributed by atoms with E-state index in [1.165, 1.54) is 16.7 Å². The number of benzene rings is 2. The van der Waals surface area contributed by atoms with Crippen molar-refractivity contribution in [1.29, 1.82) is 0 Å². The van der Waals surface area contributed by atoms with Crippen LogP contribution >= 0.6 is 35.0 Å². The molecule has 0 saturated carbocycles. The molecule has 164 valence electrons. The summed E-state index contributed by atoms with van der Waals surface area (Å²) in [6.07, 6.45) is -4.63. The second-order valence-corrected chi connectivity index (χ2v) is 9.56. The summed E-state index contributed by atoms with van der Waals surface area (Å²) in [7, 11) is 0. The minimum absolute atomic E-state index is 0.0246. The molecular formula is C21H18Cl2F3N3OS. The molecule has 0 bridgehead atoms. The van der Waals surface area contributed by atoms with Gasteiger partial charge in [-0.15, -0.1) is 10.2 Å². The summed E-state index contributed by atoms with van der Waals surface area (Å²) in [5, 5.41) is 8.61. The molecule has 1 aromatic heterocycles. The van der Waals surface area contributed by atoms with E-state index in [2.05, 4.69) is 10.2 Å².